The summed E-state index contributed by atoms with van der Waals surface area (Å²) in [6, 6.07) is 4.28. The standard InChI is InChI=1S/C39H54O8/c1-22(2)24-13-16-38(34(45)46)17-18-39(21-40)25(32(24)38)9-11-30-36(5)20-28(33(44)35(3,4)29(36)14-15-37(30,39)6)47-31(43)12-8-23-7-10-26(41)27(42)19-23/h7-8,10,12,19,24-25,28-30,32-33,40-42,44H,1,9,11,13-18,20-21H2,2-6H3,(H,45,46)/b12-8+/t24-,25+,28+,29-,30+,32+,33-,36-,37+,38-,39-/m0/s1. The molecule has 5 saturated carbocycles. The maximum atomic E-state index is 13.1. The van der Waals surface area contributed by atoms with Crippen LogP contribution in [0.2, 0.25) is 0 Å². The second-order valence-electron chi connectivity index (χ2n) is 17.1. The van der Waals surface area contributed by atoms with Crippen molar-refractivity contribution >= 4 is 18.0 Å². The molecule has 0 spiro atoms. The maximum absolute atomic E-state index is 13.1. The highest BCUT2D eigenvalue weighted by molar-refractivity contribution is 5.87. The number of aliphatic hydroxyl groups excluding tert-OH is 2. The van der Waals surface area contributed by atoms with Gasteiger partial charge in [0.2, 0.25) is 0 Å². The summed E-state index contributed by atoms with van der Waals surface area (Å²) in [6.45, 7) is 15.2. The first-order chi connectivity index (χ1) is 22.0. The molecular formula is C39H54O8. The molecule has 0 bridgehead atoms. The van der Waals surface area contributed by atoms with Crippen molar-refractivity contribution in [2.24, 2.45) is 56.7 Å². The van der Waals surface area contributed by atoms with Crippen molar-refractivity contribution in [3.63, 3.8) is 0 Å². The fourth-order valence-electron chi connectivity index (χ4n) is 12.9. The number of carboxylic acids is 1. The van der Waals surface area contributed by atoms with Gasteiger partial charge >= 0.3 is 11.9 Å². The molecule has 6 rings (SSSR count). The van der Waals surface area contributed by atoms with Gasteiger partial charge in [-0.3, -0.25) is 4.79 Å². The summed E-state index contributed by atoms with van der Waals surface area (Å²) in [4.78, 5) is 26.1. The molecule has 0 aromatic heterocycles. The van der Waals surface area contributed by atoms with E-state index in [4.69, 9.17) is 4.74 Å². The van der Waals surface area contributed by atoms with Crippen LogP contribution in [0.5, 0.6) is 11.5 Å². The average molecular weight is 651 g/mol. The Morgan fingerprint density at radius 3 is 2.34 bits per heavy atom. The molecule has 0 aliphatic heterocycles. The highest BCUT2D eigenvalue weighted by Crippen LogP contribution is 2.77. The van der Waals surface area contributed by atoms with Crippen LogP contribution in [-0.2, 0) is 14.3 Å². The molecule has 0 unspecified atom stereocenters. The molecule has 5 aliphatic rings. The van der Waals surface area contributed by atoms with Crippen molar-refractivity contribution < 1.29 is 39.9 Å². The van der Waals surface area contributed by atoms with Gasteiger partial charge < -0.3 is 30.3 Å². The quantitative estimate of drug-likeness (QED) is 0.0989. The summed E-state index contributed by atoms with van der Waals surface area (Å²) in [7, 11) is 0. The minimum absolute atomic E-state index is 0.0303. The lowest BCUT2D eigenvalue weighted by Gasteiger charge is -2.73. The van der Waals surface area contributed by atoms with Gasteiger partial charge in [-0.05, 0) is 134 Å². The number of aliphatic carboxylic acids is 1. The Bertz CT molecular complexity index is 1480. The number of esters is 1. The van der Waals surface area contributed by atoms with E-state index in [0.29, 0.717) is 31.2 Å². The lowest BCUT2D eigenvalue weighted by molar-refractivity contribution is -0.275. The van der Waals surface area contributed by atoms with Crippen molar-refractivity contribution in [2.75, 3.05) is 6.61 Å². The smallest absolute Gasteiger partial charge is 0.331 e. The molecule has 0 heterocycles. The van der Waals surface area contributed by atoms with Gasteiger partial charge in [0.1, 0.15) is 6.10 Å². The fraction of sp³-hybridized carbons (Fsp3) is 0.692. The zero-order valence-corrected chi connectivity index (χ0v) is 28.7. The van der Waals surface area contributed by atoms with Crippen LogP contribution in [0.25, 0.3) is 6.08 Å². The zero-order chi connectivity index (χ0) is 34.3. The number of rotatable bonds is 6. The third-order valence-electron chi connectivity index (χ3n) is 15.0. The Morgan fingerprint density at radius 1 is 0.979 bits per heavy atom. The largest absolute Gasteiger partial charge is 0.504 e. The van der Waals surface area contributed by atoms with Gasteiger partial charge in [0, 0.05) is 18.1 Å². The molecule has 8 nitrogen and oxygen atoms in total. The highest BCUT2D eigenvalue weighted by Gasteiger charge is 2.74. The van der Waals surface area contributed by atoms with Crippen LogP contribution in [0.3, 0.4) is 0 Å². The number of carbonyl (C=O) groups is 2. The molecule has 0 amide bonds. The summed E-state index contributed by atoms with van der Waals surface area (Å²) in [5.41, 5.74) is -0.675. The van der Waals surface area contributed by atoms with Crippen LogP contribution < -0.4 is 0 Å². The van der Waals surface area contributed by atoms with E-state index < -0.39 is 40.4 Å². The third kappa shape index (κ3) is 4.74. The first kappa shape index (κ1) is 34.0. The van der Waals surface area contributed by atoms with Crippen molar-refractivity contribution in [1.82, 2.24) is 0 Å². The molecule has 47 heavy (non-hydrogen) atoms. The van der Waals surface area contributed by atoms with Gasteiger partial charge in [0.25, 0.3) is 0 Å². The summed E-state index contributed by atoms with van der Waals surface area (Å²) in [5.74, 6) is -1.24. The summed E-state index contributed by atoms with van der Waals surface area (Å²) in [6.07, 6.45) is 8.03. The number of carbonyl (C=O) groups excluding carboxylic acids is 1. The Balaban J connectivity index is 1.32. The van der Waals surface area contributed by atoms with E-state index in [1.54, 1.807) is 6.07 Å². The number of hydrogen-bond donors (Lipinski definition) is 5. The molecule has 0 radical (unpaired) electrons. The van der Waals surface area contributed by atoms with Crippen molar-refractivity contribution in [3.8, 4) is 11.5 Å². The number of hydrogen-bond acceptors (Lipinski definition) is 7. The van der Waals surface area contributed by atoms with E-state index in [0.717, 1.165) is 37.7 Å². The molecular weight excluding hydrogens is 596 g/mol. The van der Waals surface area contributed by atoms with E-state index in [-0.39, 0.29) is 58.5 Å². The Labute approximate surface area is 278 Å². The lowest BCUT2D eigenvalue weighted by Crippen LogP contribution is -2.70. The van der Waals surface area contributed by atoms with Crippen molar-refractivity contribution in [2.45, 2.75) is 105 Å². The number of phenolic OH excluding ortho intramolecular Hbond substituents is 2. The number of allylic oxidation sites excluding steroid dienone is 1. The van der Waals surface area contributed by atoms with Crippen LogP contribution in [0.15, 0.2) is 36.4 Å². The predicted octanol–water partition coefficient (Wildman–Crippen LogP) is 6.71. The lowest BCUT2D eigenvalue weighted by atomic mass is 9.32. The average Bonchev–Trinajstić information content (AvgIpc) is 3.42. The van der Waals surface area contributed by atoms with E-state index >= 15 is 0 Å². The Hall–Kier alpha value is -2.84. The van der Waals surface area contributed by atoms with Gasteiger partial charge in [-0.2, -0.15) is 0 Å². The summed E-state index contributed by atoms with van der Waals surface area (Å²) < 4.78 is 6.02. The molecule has 5 aliphatic carbocycles. The fourth-order valence-corrected chi connectivity index (χ4v) is 12.9. The van der Waals surface area contributed by atoms with Gasteiger partial charge in [-0.25, -0.2) is 4.79 Å². The molecule has 0 saturated heterocycles. The zero-order valence-electron chi connectivity index (χ0n) is 28.7. The topological polar surface area (TPSA) is 145 Å². The van der Waals surface area contributed by atoms with Gasteiger partial charge in [0.05, 0.1) is 11.5 Å². The molecule has 1 aromatic rings. The number of fused-ring (bicyclic) bond motifs is 7. The van der Waals surface area contributed by atoms with E-state index in [1.807, 2.05) is 6.92 Å². The molecule has 5 fully saturated rings. The first-order valence-corrected chi connectivity index (χ1v) is 17.6. The normalized spacial score (nSPS) is 43.7. The van der Waals surface area contributed by atoms with Crippen LogP contribution in [-0.4, -0.2) is 56.3 Å². The number of aromatic hydroxyl groups is 2. The predicted molar refractivity (Wildman–Crippen MR) is 178 cm³/mol. The maximum Gasteiger partial charge on any atom is 0.331 e. The number of carboxylic acid groups (broad SMARTS) is 1. The minimum atomic E-state index is -0.858. The molecule has 1 aromatic carbocycles. The molecule has 11 atom stereocenters. The van der Waals surface area contributed by atoms with Crippen LogP contribution in [0.1, 0.15) is 98.0 Å². The van der Waals surface area contributed by atoms with Crippen LogP contribution >= 0.6 is 0 Å². The molecule has 258 valence electrons. The van der Waals surface area contributed by atoms with Crippen LogP contribution in [0, 0.1) is 56.7 Å². The van der Waals surface area contributed by atoms with E-state index in [2.05, 4.69) is 34.3 Å². The Morgan fingerprint density at radius 2 is 1.70 bits per heavy atom. The number of aliphatic hydroxyl groups is 2. The SMILES string of the molecule is C=C(C)[C@@H]1CC[C@]2(C(=O)O)CC[C@]3(CO)[C@H](CC[C@@H]4[C@@]5(C)C[C@@H](OC(=O)/C=C/c6ccc(O)c(O)c6)[C@H](O)C(C)(C)[C@@H]5CC[C@]43C)[C@@H]12. The summed E-state index contributed by atoms with van der Waals surface area (Å²) in [5, 5.41) is 53.3. The van der Waals surface area contributed by atoms with E-state index in [9.17, 15) is 35.1 Å². The number of ether oxygens (including phenoxy) is 1. The number of benzene rings is 1. The summed E-state index contributed by atoms with van der Waals surface area (Å²) >= 11 is 0. The molecule has 8 heteroatoms. The number of phenols is 2. The van der Waals surface area contributed by atoms with Gasteiger partial charge in [-0.15, -0.1) is 0 Å². The second-order valence-corrected chi connectivity index (χ2v) is 17.1. The molecule has 5 N–H and O–H groups in total. The van der Waals surface area contributed by atoms with Crippen LogP contribution in [0.4, 0.5) is 0 Å². The monoisotopic (exact) mass is 650 g/mol. The highest BCUT2D eigenvalue weighted by atomic mass is 16.6. The van der Waals surface area contributed by atoms with Crippen molar-refractivity contribution in [1.29, 1.82) is 0 Å². The van der Waals surface area contributed by atoms with Gasteiger partial charge in [0.15, 0.2) is 11.5 Å². The van der Waals surface area contributed by atoms with Crippen molar-refractivity contribution in [3.05, 3.63) is 42.0 Å². The van der Waals surface area contributed by atoms with E-state index in [1.165, 1.54) is 24.3 Å². The first-order valence-electron chi connectivity index (χ1n) is 17.6. The Kier molecular flexibility index (Phi) is 8.23. The second kappa shape index (κ2) is 11.4. The van der Waals surface area contributed by atoms with Gasteiger partial charge in [-0.1, -0.05) is 45.9 Å². The minimum Gasteiger partial charge on any atom is -0.504 e. The third-order valence-corrected chi connectivity index (χ3v) is 15.0.